The Morgan fingerprint density at radius 1 is 1.47 bits per heavy atom. The minimum Gasteiger partial charge on any atom is -0.489 e. The molecule has 4 nitrogen and oxygen atoms in total. The molecule has 0 spiro atoms. The fraction of sp³-hybridized carbons (Fsp3) is 0.400. The lowest BCUT2D eigenvalue weighted by Crippen LogP contribution is -2.44. The van der Waals surface area contributed by atoms with Crippen LogP contribution in [0.25, 0.3) is 0 Å². The van der Waals surface area contributed by atoms with Crippen LogP contribution in [0.1, 0.15) is 19.4 Å². The highest BCUT2D eigenvalue weighted by Gasteiger charge is 2.18. The van der Waals surface area contributed by atoms with E-state index in [2.05, 4.69) is 11.9 Å². The number of carbonyl (C=O) groups excluding carboxylic acids is 1. The molecule has 0 aliphatic heterocycles. The minimum atomic E-state index is -0.340. The number of hydrogen-bond acceptors (Lipinski definition) is 3. The quantitative estimate of drug-likeness (QED) is 0.703. The largest absolute Gasteiger partial charge is 0.489 e. The van der Waals surface area contributed by atoms with E-state index < -0.39 is 0 Å². The molecule has 0 saturated heterocycles. The van der Waals surface area contributed by atoms with Gasteiger partial charge in [-0.3, -0.25) is 4.79 Å². The van der Waals surface area contributed by atoms with E-state index in [0.717, 1.165) is 11.3 Å². The first kappa shape index (κ1) is 15.2. The number of hydrogen-bond donors (Lipinski definition) is 2. The number of primary amides is 1. The van der Waals surface area contributed by atoms with Gasteiger partial charge in [-0.1, -0.05) is 44.7 Å². The number of carbonyl (C=O) groups is 1. The molecular formula is C15H22N2O2. The van der Waals surface area contributed by atoms with Gasteiger partial charge in [0.2, 0.25) is 5.91 Å². The molecule has 1 rings (SSSR count). The summed E-state index contributed by atoms with van der Waals surface area (Å²) >= 11 is 0. The van der Waals surface area contributed by atoms with Crippen LogP contribution < -0.4 is 15.8 Å². The van der Waals surface area contributed by atoms with E-state index in [4.69, 9.17) is 10.5 Å². The molecule has 19 heavy (non-hydrogen) atoms. The summed E-state index contributed by atoms with van der Waals surface area (Å²) in [4.78, 5) is 11.3. The normalized spacial score (nSPS) is 12.2. The molecule has 0 heterocycles. The molecule has 0 aromatic heterocycles. The van der Waals surface area contributed by atoms with Crippen LogP contribution in [0.15, 0.2) is 36.9 Å². The second-order valence-electron chi connectivity index (χ2n) is 4.71. The fourth-order valence-corrected chi connectivity index (χ4v) is 1.82. The summed E-state index contributed by atoms with van der Waals surface area (Å²) in [5, 5.41) is 3.17. The maximum atomic E-state index is 11.3. The lowest BCUT2D eigenvalue weighted by atomic mass is 10.0. The molecular weight excluding hydrogens is 240 g/mol. The van der Waals surface area contributed by atoms with Crippen LogP contribution in [-0.4, -0.2) is 18.6 Å². The average Bonchev–Trinajstić information content (AvgIpc) is 2.37. The van der Waals surface area contributed by atoms with E-state index in [1.165, 1.54) is 0 Å². The topological polar surface area (TPSA) is 64.3 Å². The molecule has 1 atom stereocenters. The van der Waals surface area contributed by atoms with Gasteiger partial charge in [0.25, 0.3) is 0 Å². The van der Waals surface area contributed by atoms with Gasteiger partial charge in [0.05, 0.1) is 6.04 Å². The molecule has 0 saturated carbocycles. The number of para-hydroxylation sites is 1. The van der Waals surface area contributed by atoms with Gasteiger partial charge in [-0.05, 0) is 12.0 Å². The van der Waals surface area contributed by atoms with Crippen LogP contribution in [0.4, 0.5) is 0 Å². The number of nitrogens with two attached hydrogens (primary N) is 1. The Kier molecular flexibility index (Phi) is 6.09. The van der Waals surface area contributed by atoms with Gasteiger partial charge >= 0.3 is 0 Å². The van der Waals surface area contributed by atoms with Gasteiger partial charge in [-0.2, -0.15) is 0 Å². The second-order valence-corrected chi connectivity index (χ2v) is 4.71. The van der Waals surface area contributed by atoms with Crippen molar-refractivity contribution < 1.29 is 9.53 Å². The lowest BCUT2D eigenvalue weighted by molar-refractivity contribution is -0.121. The molecule has 3 N–H and O–H groups in total. The number of amides is 1. The molecule has 1 aromatic carbocycles. The van der Waals surface area contributed by atoms with E-state index in [0.29, 0.717) is 13.2 Å². The fourth-order valence-electron chi connectivity index (χ4n) is 1.82. The zero-order valence-corrected chi connectivity index (χ0v) is 11.6. The van der Waals surface area contributed by atoms with Gasteiger partial charge in [0, 0.05) is 12.1 Å². The first-order valence-corrected chi connectivity index (χ1v) is 6.40. The van der Waals surface area contributed by atoms with Gasteiger partial charge in [-0.15, -0.1) is 0 Å². The second kappa shape index (κ2) is 7.59. The van der Waals surface area contributed by atoms with Gasteiger partial charge in [0.1, 0.15) is 12.4 Å². The van der Waals surface area contributed by atoms with Crippen molar-refractivity contribution in [2.24, 2.45) is 11.7 Å². The zero-order valence-electron chi connectivity index (χ0n) is 11.6. The third kappa shape index (κ3) is 4.75. The van der Waals surface area contributed by atoms with E-state index >= 15 is 0 Å². The minimum absolute atomic E-state index is 0.152. The Hall–Kier alpha value is -1.81. The highest BCUT2D eigenvalue weighted by Crippen LogP contribution is 2.18. The first-order valence-electron chi connectivity index (χ1n) is 6.40. The Morgan fingerprint density at radius 3 is 2.74 bits per heavy atom. The molecule has 1 aromatic rings. The van der Waals surface area contributed by atoms with Crippen molar-refractivity contribution in [2.75, 3.05) is 6.61 Å². The van der Waals surface area contributed by atoms with Crippen LogP contribution in [0.5, 0.6) is 5.75 Å². The van der Waals surface area contributed by atoms with Crippen molar-refractivity contribution >= 4 is 5.91 Å². The highest BCUT2D eigenvalue weighted by molar-refractivity contribution is 5.80. The van der Waals surface area contributed by atoms with E-state index in [1.807, 2.05) is 38.1 Å². The van der Waals surface area contributed by atoms with Crippen molar-refractivity contribution in [1.29, 1.82) is 0 Å². The summed E-state index contributed by atoms with van der Waals surface area (Å²) in [6.07, 6.45) is 1.70. The Labute approximate surface area is 114 Å². The van der Waals surface area contributed by atoms with Crippen LogP contribution in [-0.2, 0) is 11.3 Å². The predicted octanol–water partition coefficient (Wildman–Crippen LogP) is 1.85. The summed E-state index contributed by atoms with van der Waals surface area (Å²) in [6.45, 7) is 8.55. The molecule has 0 aliphatic carbocycles. The summed E-state index contributed by atoms with van der Waals surface area (Å²) in [5.74, 6) is 0.611. The first-order chi connectivity index (χ1) is 9.06. The summed E-state index contributed by atoms with van der Waals surface area (Å²) < 4.78 is 5.57. The lowest BCUT2D eigenvalue weighted by Gasteiger charge is -2.20. The molecule has 0 aliphatic rings. The third-order valence-corrected chi connectivity index (χ3v) is 2.81. The molecule has 1 unspecified atom stereocenters. The Bertz CT molecular complexity index is 430. The number of rotatable bonds is 8. The smallest absolute Gasteiger partial charge is 0.234 e. The number of benzene rings is 1. The maximum Gasteiger partial charge on any atom is 0.234 e. The van der Waals surface area contributed by atoms with Gasteiger partial charge < -0.3 is 15.8 Å². The summed E-state index contributed by atoms with van der Waals surface area (Å²) in [6, 6.07) is 7.37. The molecule has 0 radical (unpaired) electrons. The van der Waals surface area contributed by atoms with Crippen LogP contribution in [0.2, 0.25) is 0 Å². The van der Waals surface area contributed by atoms with Gasteiger partial charge in [-0.25, -0.2) is 0 Å². The predicted molar refractivity (Wildman–Crippen MR) is 76.8 cm³/mol. The van der Waals surface area contributed by atoms with Crippen molar-refractivity contribution in [3.05, 3.63) is 42.5 Å². The SMILES string of the molecule is C=CCOc1ccccc1CNC(C(N)=O)C(C)C. The molecule has 4 heteroatoms. The van der Waals surface area contributed by atoms with Crippen molar-refractivity contribution in [3.8, 4) is 5.75 Å². The van der Waals surface area contributed by atoms with Gasteiger partial charge in [0.15, 0.2) is 0 Å². The van der Waals surface area contributed by atoms with E-state index in [1.54, 1.807) is 6.08 Å². The van der Waals surface area contributed by atoms with Crippen molar-refractivity contribution in [3.63, 3.8) is 0 Å². The molecule has 0 fully saturated rings. The van der Waals surface area contributed by atoms with Crippen LogP contribution >= 0.6 is 0 Å². The van der Waals surface area contributed by atoms with Crippen LogP contribution in [0.3, 0.4) is 0 Å². The third-order valence-electron chi connectivity index (χ3n) is 2.81. The average molecular weight is 262 g/mol. The molecule has 0 bridgehead atoms. The van der Waals surface area contributed by atoms with E-state index in [-0.39, 0.29) is 17.9 Å². The number of ether oxygens (including phenoxy) is 1. The highest BCUT2D eigenvalue weighted by atomic mass is 16.5. The standard InChI is InChI=1S/C15H22N2O2/c1-4-9-19-13-8-6-5-7-12(13)10-17-14(11(2)3)15(16)18/h4-8,11,14,17H,1,9-10H2,2-3H3,(H2,16,18). The van der Waals surface area contributed by atoms with Crippen molar-refractivity contribution in [1.82, 2.24) is 5.32 Å². The summed E-state index contributed by atoms with van der Waals surface area (Å²) in [7, 11) is 0. The van der Waals surface area contributed by atoms with Crippen molar-refractivity contribution in [2.45, 2.75) is 26.4 Å². The maximum absolute atomic E-state index is 11.3. The molecule has 1 amide bonds. The zero-order chi connectivity index (χ0) is 14.3. The summed E-state index contributed by atoms with van der Waals surface area (Å²) in [5.41, 5.74) is 6.37. The monoisotopic (exact) mass is 262 g/mol. The van der Waals surface area contributed by atoms with Crippen LogP contribution in [0, 0.1) is 5.92 Å². The molecule has 104 valence electrons. The Balaban J connectivity index is 2.70. The Morgan fingerprint density at radius 2 is 2.16 bits per heavy atom. The number of nitrogens with one attached hydrogen (secondary N) is 1. The van der Waals surface area contributed by atoms with E-state index in [9.17, 15) is 4.79 Å².